The summed E-state index contributed by atoms with van der Waals surface area (Å²) in [5.74, 6) is -3.07. The number of likely N-dealkylation sites (tertiary alicyclic amines) is 1. The molecule has 2 amide bonds. The highest BCUT2D eigenvalue weighted by atomic mass is 19.3. The Bertz CT molecular complexity index is 705. The number of hydrogen-bond acceptors (Lipinski definition) is 4. The van der Waals surface area contributed by atoms with Crippen molar-refractivity contribution < 1.29 is 27.8 Å². The Morgan fingerprint density at radius 2 is 1.81 bits per heavy atom. The topological polar surface area (TPSA) is 59.1 Å². The lowest BCUT2D eigenvalue weighted by Gasteiger charge is -2.40. The molecule has 0 radical (unpaired) electrons. The highest BCUT2D eigenvalue weighted by molar-refractivity contribution is 5.72. The van der Waals surface area contributed by atoms with Crippen molar-refractivity contribution in [3.8, 4) is 0 Å². The van der Waals surface area contributed by atoms with E-state index in [-0.39, 0.29) is 19.7 Å². The summed E-state index contributed by atoms with van der Waals surface area (Å²) in [5.41, 5.74) is 0.0314. The summed E-state index contributed by atoms with van der Waals surface area (Å²) in [4.78, 5) is 27.1. The van der Waals surface area contributed by atoms with E-state index in [4.69, 9.17) is 9.47 Å². The maximum atomic E-state index is 14.4. The van der Waals surface area contributed by atoms with Gasteiger partial charge in [-0.3, -0.25) is 4.90 Å². The van der Waals surface area contributed by atoms with Gasteiger partial charge in [0.1, 0.15) is 18.2 Å². The second-order valence-electron chi connectivity index (χ2n) is 7.97. The molecule has 2 fully saturated rings. The van der Waals surface area contributed by atoms with Gasteiger partial charge < -0.3 is 14.4 Å². The predicted octanol–water partition coefficient (Wildman–Crippen LogP) is 3.65. The number of hydrogen-bond donors (Lipinski definition) is 0. The van der Waals surface area contributed by atoms with Crippen molar-refractivity contribution >= 4 is 12.2 Å². The number of fused-ring (bicyclic) bond motifs is 2. The van der Waals surface area contributed by atoms with Gasteiger partial charge in [0, 0.05) is 13.0 Å². The third kappa shape index (κ3) is 4.31. The molecule has 2 saturated heterocycles. The lowest BCUT2D eigenvalue weighted by Crippen LogP contribution is -2.60. The minimum absolute atomic E-state index is 0.00104. The maximum Gasteiger partial charge on any atom is 0.411 e. The molecule has 2 aliphatic heterocycles. The second-order valence-corrected chi connectivity index (χ2v) is 7.97. The number of ether oxygens (including phenoxy) is 2. The van der Waals surface area contributed by atoms with Crippen LogP contribution in [-0.4, -0.2) is 58.7 Å². The van der Waals surface area contributed by atoms with Gasteiger partial charge in [0.15, 0.2) is 0 Å². The zero-order chi connectivity index (χ0) is 19.8. The summed E-state index contributed by atoms with van der Waals surface area (Å²) in [6.07, 6.45) is -1.92. The van der Waals surface area contributed by atoms with Gasteiger partial charge >= 0.3 is 12.2 Å². The van der Waals surface area contributed by atoms with Gasteiger partial charge in [-0.15, -0.1) is 0 Å². The van der Waals surface area contributed by atoms with Crippen LogP contribution in [0.25, 0.3) is 0 Å². The highest BCUT2D eigenvalue weighted by Gasteiger charge is 2.60. The molecule has 2 heterocycles. The molecule has 3 rings (SSSR count). The molecule has 148 valence electrons. The molecule has 1 aromatic rings. The van der Waals surface area contributed by atoms with Crippen molar-refractivity contribution in [2.45, 2.75) is 57.4 Å². The van der Waals surface area contributed by atoms with Gasteiger partial charge in [0.2, 0.25) is 0 Å². The molecule has 0 saturated carbocycles. The molecule has 8 heteroatoms. The van der Waals surface area contributed by atoms with E-state index in [9.17, 15) is 18.4 Å². The fourth-order valence-electron chi connectivity index (χ4n) is 3.47. The molecule has 0 N–H and O–H groups in total. The monoisotopic (exact) mass is 382 g/mol. The summed E-state index contributed by atoms with van der Waals surface area (Å²) in [6, 6.07) is 6.92. The number of piperazine rings is 1. The Morgan fingerprint density at radius 3 is 2.41 bits per heavy atom. The van der Waals surface area contributed by atoms with Crippen molar-refractivity contribution in [3.63, 3.8) is 0 Å². The third-order valence-corrected chi connectivity index (χ3v) is 4.62. The van der Waals surface area contributed by atoms with Crippen molar-refractivity contribution in [1.29, 1.82) is 0 Å². The quantitative estimate of drug-likeness (QED) is 0.783. The zero-order valence-corrected chi connectivity index (χ0v) is 15.7. The zero-order valence-electron chi connectivity index (χ0n) is 15.7. The SMILES string of the molecule is CC(C)(C)OC(=O)N1C2CN(C(=O)OCc3ccccc3)CC1C(F)(F)C2. The Hall–Kier alpha value is -2.38. The van der Waals surface area contributed by atoms with Crippen LogP contribution in [0.15, 0.2) is 30.3 Å². The summed E-state index contributed by atoms with van der Waals surface area (Å²) in [6.45, 7) is 4.83. The molecule has 2 aliphatic rings. The lowest BCUT2D eigenvalue weighted by molar-refractivity contribution is -0.0566. The number of carbonyl (C=O) groups is 2. The first kappa shape index (κ1) is 19.4. The number of nitrogens with zero attached hydrogens (tertiary/aromatic N) is 2. The van der Waals surface area contributed by atoms with Crippen LogP contribution in [-0.2, 0) is 16.1 Å². The van der Waals surface area contributed by atoms with Crippen molar-refractivity contribution in [3.05, 3.63) is 35.9 Å². The maximum absolute atomic E-state index is 14.4. The molecule has 2 atom stereocenters. The number of rotatable bonds is 2. The van der Waals surface area contributed by atoms with Gasteiger partial charge in [0.05, 0.1) is 12.6 Å². The van der Waals surface area contributed by atoms with Gasteiger partial charge in [-0.05, 0) is 26.3 Å². The van der Waals surface area contributed by atoms with Crippen molar-refractivity contribution in [2.24, 2.45) is 0 Å². The van der Waals surface area contributed by atoms with Crippen LogP contribution in [0.1, 0.15) is 32.8 Å². The van der Waals surface area contributed by atoms with Crippen LogP contribution in [0.4, 0.5) is 18.4 Å². The highest BCUT2D eigenvalue weighted by Crippen LogP contribution is 2.42. The molecule has 2 unspecified atom stereocenters. The lowest BCUT2D eigenvalue weighted by atomic mass is 10.1. The Labute approximate surface area is 157 Å². The third-order valence-electron chi connectivity index (χ3n) is 4.62. The van der Waals surface area contributed by atoms with Crippen LogP contribution in [0.5, 0.6) is 0 Å². The van der Waals surface area contributed by atoms with Gasteiger partial charge in [-0.25, -0.2) is 18.4 Å². The average molecular weight is 382 g/mol. The smallest absolute Gasteiger partial charge is 0.411 e. The molecule has 1 aromatic carbocycles. The second kappa shape index (κ2) is 6.98. The van der Waals surface area contributed by atoms with Crippen molar-refractivity contribution in [1.82, 2.24) is 9.80 Å². The van der Waals surface area contributed by atoms with E-state index in [1.165, 1.54) is 4.90 Å². The minimum atomic E-state index is -3.07. The molecule has 2 bridgehead atoms. The first-order chi connectivity index (χ1) is 12.6. The number of amides is 2. The number of benzene rings is 1. The number of alkyl halides is 2. The summed E-state index contributed by atoms with van der Waals surface area (Å²) >= 11 is 0. The van der Waals surface area contributed by atoms with Gasteiger partial charge in [-0.2, -0.15) is 0 Å². The van der Waals surface area contributed by atoms with E-state index in [0.29, 0.717) is 0 Å². The van der Waals surface area contributed by atoms with E-state index >= 15 is 0 Å². The number of halogens is 2. The summed E-state index contributed by atoms with van der Waals surface area (Å²) in [7, 11) is 0. The predicted molar refractivity (Wildman–Crippen MR) is 93.4 cm³/mol. The average Bonchev–Trinajstić information content (AvgIpc) is 2.73. The fourth-order valence-corrected chi connectivity index (χ4v) is 3.47. The van der Waals surface area contributed by atoms with Crippen LogP contribution in [0, 0.1) is 0 Å². The van der Waals surface area contributed by atoms with Crippen molar-refractivity contribution in [2.75, 3.05) is 13.1 Å². The van der Waals surface area contributed by atoms with E-state index in [1.807, 2.05) is 30.3 Å². The largest absolute Gasteiger partial charge is 0.445 e. The Kier molecular flexibility index (Phi) is 5.01. The number of carbonyl (C=O) groups excluding carboxylic acids is 2. The minimum Gasteiger partial charge on any atom is -0.445 e. The van der Waals surface area contributed by atoms with Crippen LogP contribution >= 0.6 is 0 Å². The van der Waals surface area contributed by atoms with E-state index in [1.54, 1.807) is 20.8 Å². The first-order valence-corrected chi connectivity index (χ1v) is 8.91. The van der Waals surface area contributed by atoms with Gasteiger partial charge in [0.25, 0.3) is 5.92 Å². The van der Waals surface area contributed by atoms with Crippen LogP contribution < -0.4 is 0 Å². The van der Waals surface area contributed by atoms with E-state index < -0.39 is 42.2 Å². The summed E-state index contributed by atoms with van der Waals surface area (Å²) < 4.78 is 39.3. The molecule has 0 aliphatic carbocycles. The molecule has 0 aromatic heterocycles. The van der Waals surface area contributed by atoms with E-state index in [2.05, 4.69) is 0 Å². The van der Waals surface area contributed by atoms with Crippen LogP contribution in [0.2, 0.25) is 0 Å². The molecule has 0 spiro atoms. The molecule has 27 heavy (non-hydrogen) atoms. The Morgan fingerprint density at radius 1 is 1.15 bits per heavy atom. The van der Waals surface area contributed by atoms with Gasteiger partial charge in [-0.1, -0.05) is 30.3 Å². The summed E-state index contributed by atoms with van der Waals surface area (Å²) in [5, 5.41) is 0. The van der Waals surface area contributed by atoms with E-state index in [0.717, 1.165) is 10.5 Å². The Balaban J connectivity index is 1.66. The first-order valence-electron chi connectivity index (χ1n) is 8.91. The molecule has 6 nitrogen and oxygen atoms in total. The molecular formula is C19H24F2N2O4. The standard InChI is InChI=1S/C19H24F2N2O4/c1-18(2,3)27-17(25)23-14-9-19(20,21)15(23)11-22(10-14)16(24)26-12-13-7-5-4-6-8-13/h4-8,14-15H,9-12H2,1-3H3. The molecular weight excluding hydrogens is 358 g/mol. The fraction of sp³-hybridized carbons (Fsp3) is 0.579. The van der Waals surface area contributed by atoms with Crippen LogP contribution in [0.3, 0.4) is 0 Å². The normalized spacial score (nSPS) is 23.9.